The first-order valence-electron chi connectivity index (χ1n) is 6.70. The molecule has 0 saturated carbocycles. The summed E-state index contributed by atoms with van der Waals surface area (Å²) in [5.74, 6) is 0.658. The van der Waals surface area contributed by atoms with Crippen LogP contribution >= 0.6 is 11.3 Å². The molecule has 108 valence electrons. The first kappa shape index (κ1) is 15.0. The van der Waals surface area contributed by atoms with Gasteiger partial charge in [0.05, 0.1) is 11.5 Å². The van der Waals surface area contributed by atoms with Crippen LogP contribution in [-0.4, -0.2) is 57.5 Å². The molecule has 0 spiro atoms. The number of likely N-dealkylation sites (N-methyl/N-ethyl adjacent to an activating group) is 1. The molecule has 1 aliphatic rings. The number of nitrogens with one attached hydrogen (secondary N) is 1. The molecule has 0 aromatic carbocycles. The maximum atomic E-state index is 11.3. The predicted molar refractivity (Wildman–Crippen MR) is 80.6 cm³/mol. The minimum Gasteiger partial charge on any atom is -0.312 e. The van der Waals surface area contributed by atoms with Gasteiger partial charge in [-0.15, -0.1) is 11.3 Å². The molecule has 1 aromatic heterocycles. The van der Waals surface area contributed by atoms with Crippen molar-refractivity contribution in [2.24, 2.45) is 0 Å². The molecule has 1 unspecified atom stereocenters. The Morgan fingerprint density at radius 3 is 2.95 bits per heavy atom. The summed E-state index contributed by atoms with van der Waals surface area (Å²) < 4.78 is 22.6. The molecule has 0 bridgehead atoms. The van der Waals surface area contributed by atoms with Gasteiger partial charge in [-0.05, 0) is 31.3 Å². The highest BCUT2D eigenvalue weighted by molar-refractivity contribution is 7.91. The predicted octanol–water partition coefficient (Wildman–Crippen LogP) is 0.999. The van der Waals surface area contributed by atoms with E-state index in [1.54, 1.807) is 11.3 Å². The van der Waals surface area contributed by atoms with Crippen molar-refractivity contribution in [3.63, 3.8) is 0 Å². The fourth-order valence-electron chi connectivity index (χ4n) is 2.28. The van der Waals surface area contributed by atoms with E-state index in [0.29, 0.717) is 11.5 Å². The van der Waals surface area contributed by atoms with Gasteiger partial charge in [-0.3, -0.25) is 0 Å². The van der Waals surface area contributed by atoms with Gasteiger partial charge < -0.3 is 10.2 Å². The molecule has 6 heteroatoms. The summed E-state index contributed by atoms with van der Waals surface area (Å²) in [6.45, 7) is 2.87. The van der Waals surface area contributed by atoms with Gasteiger partial charge in [-0.1, -0.05) is 6.07 Å². The summed E-state index contributed by atoms with van der Waals surface area (Å²) in [5, 5.41) is 5.45. The molecule has 1 atom stereocenters. The molecule has 0 amide bonds. The summed E-state index contributed by atoms with van der Waals surface area (Å²) in [4.78, 5) is 3.71. The van der Waals surface area contributed by atoms with E-state index < -0.39 is 9.84 Å². The van der Waals surface area contributed by atoms with E-state index in [9.17, 15) is 8.42 Å². The second-order valence-corrected chi connectivity index (χ2v) is 8.45. The molecule has 0 aliphatic carbocycles. The molecule has 1 saturated heterocycles. The van der Waals surface area contributed by atoms with E-state index in [4.69, 9.17) is 0 Å². The largest absolute Gasteiger partial charge is 0.312 e. The topological polar surface area (TPSA) is 49.4 Å². The van der Waals surface area contributed by atoms with Crippen LogP contribution in [0.25, 0.3) is 0 Å². The Balaban J connectivity index is 1.58. The van der Waals surface area contributed by atoms with E-state index in [0.717, 1.165) is 32.5 Å². The Morgan fingerprint density at radius 1 is 1.47 bits per heavy atom. The third-order valence-electron chi connectivity index (χ3n) is 3.48. The molecule has 1 fully saturated rings. The van der Waals surface area contributed by atoms with Crippen molar-refractivity contribution in [3.8, 4) is 0 Å². The van der Waals surface area contributed by atoms with Crippen molar-refractivity contribution >= 4 is 21.2 Å². The second-order valence-electron chi connectivity index (χ2n) is 5.19. The number of hydrogen-bond acceptors (Lipinski definition) is 5. The number of nitrogens with zero attached hydrogens (tertiary/aromatic N) is 1. The SMILES string of the molecule is CN(CCNC1CCS(=O)(=O)C1)CCc1cccs1. The fraction of sp³-hybridized carbons (Fsp3) is 0.692. The molecular formula is C13H22N2O2S2. The van der Waals surface area contributed by atoms with E-state index in [1.807, 2.05) is 0 Å². The number of hydrogen-bond donors (Lipinski definition) is 1. The van der Waals surface area contributed by atoms with Crippen LogP contribution in [0.5, 0.6) is 0 Å². The number of sulfone groups is 1. The van der Waals surface area contributed by atoms with Gasteiger partial charge in [-0.25, -0.2) is 8.42 Å². The Morgan fingerprint density at radius 2 is 2.32 bits per heavy atom. The van der Waals surface area contributed by atoms with Crippen molar-refractivity contribution in [1.82, 2.24) is 10.2 Å². The molecule has 19 heavy (non-hydrogen) atoms. The van der Waals surface area contributed by atoms with Gasteiger partial charge in [0.15, 0.2) is 9.84 Å². The summed E-state index contributed by atoms with van der Waals surface area (Å²) >= 11 is 1.80. The van der Waals surface area contributed by atoms with Crippen LogP contribution in [0.4, 0.5) is 0 Å². The molecule has 2 rings (SSSR count). The third-order valence-corrected chi connectivity index (χ3v) is 6.18. The highest BCUT2D eigenvalue weighted by Gasteiger charge is 2.27. The summed E-state index contributed by atoms with van der Waals surface area (Å²) in [5.41, 5.74) is 0. The molecule has 0 radical (unpaired) electrons. The molecular weight excluding hydrogens is 280 g/mol. The van der Waals surface area contributed by atoms with Crippen LogP contribution in [0, 0.1) is 0 Å². The minimum absolute atomic E-state index is 0.163. The Bertz CT molecular complexity index is 471. The van der Waals surface area contributed by atoms with Crippen LogP contribution < -0.4 is 5.32 Å². The average Bonchev–Trinajstić information content (AvgIpc) is 2.96. The first-order valence-corrected chi connectivity index (χ1v) is 9.40. The lowest BCUT2D eigenvalue weighted by Crippen LogP contribution is -2.37. The lowest BCUT2D eigenvalue weighted by molar-refractivity contribution is 0.330. The molecule has 1 aromatic rings. The zero-order chi connectivity index (χ0) is 13.7. The summed E-state index contributed by atoms with van der Waals surface area (Å²) in [6, 6.07) is 4.41. The van der Waals surface area contributed by atoms with Crippen molar-refractivity contribution < 1.29 is 8.42 Å². The van der Waals surface area contributed by atoms with Gasteiger partial charge >= 0.3 is 0 Å². The summed E-state index contributed by atoms with van der Waals surface area (Å²) in [7, 11) is -0.649. The van der Waals surface area contributed by atoms with Crippen LogP contribution in [0.3, 0.4) is 0 Å². The van der Waals surface area contributed by atoms with Gasteiger partial charge in [0.2, 0.25) is 0 Å². The van der Waals surface area contributed by atoms with E-state index in [2.05, 4.69) is 34.8 Å². The quantitative estimate of drug-likeness (QED) is 0.816. The highest BCUT2D eigenvalue weighted by atomic mass is 32.2. The zero-order valence-electron chi connectivity index (χ0n) is 11.3. The number of thiophene rings is 1. The lowest BCUT2D eigenvalue weighted by atomic mass is 10.2. The third kappa shape index (κ3) is 5.22. The second kappa shape index (κ2) is 6.83. The maximum Gasteiger partial charge on any atom is 0.151 e. The molecule has 4 nitrogen and oxygen atoms in total. The van der Waals surface area contributed by atoms with Crippen LogP contribution in [0.1, 0.15) is 11.3 Å². The summed E-state index contributed by atoms with van der Waals surface area (Å²) in [6.07, 6.45) is 1.85. The van der Waals surface area contributed by atoms with Crippen molar-refractivity contribution in [1.29, 1.82) is 0 Å². The Kier molecular flexibility index (Phi) is 5.38. The average molecular weight is 302 g/mol. The Labute approximate surface area is 119 Å². The van der Waals surface area contributed by atoms with E-state index in [1.165, 1.54) is 4.88 Å². The fourth-order valence-corrected chi connectivity index (χ4v) is 4.69. The van der Waals surface area contributed by atoms with Gasteiger partial charge in [0.25, 0.3) is 0 Å². The first-order chi connectivity index (χ1) is 9.05. The standard InChI is InChI=1S/C13H22N2O2S2/c1-15(7-4-13-3-2-9-18-13)8-6-14-12-5-10-19(16,17)11-12/h2-3,9,12,14H,4-8,10-11H2,1H3. The van der Waals surface area contributed by atoms with Gasteiger partial charge in [0.1, 0.15) is 0 Å². The minimum atomic E-state index is -2.76. The monoisotopic (exact) mass is 302 g/mol. The van der Waals surface area contributed by atoms with Crippen molar-refractivity contribution in [2.45, 2.75) is 18.9 Å². The van der Waals surface area contributed by atoms with Crippen LogP contribution in [0.2, 0.25) is 0 Å². The zero-order valence-corrected chi connectivity index (χ0v) is 13.0. The van der Waals surface area contributed by atoms with E-state index in [-0.39, 0.29) is 6.04 Å². The molecule has 2 heterocycles. The van der Waals surface area contributed by atoms with Gasteiger partial charge in [0, 0.05) is 30.6 Å². The molecule has 1 aliphatic heterocycles. The normalized spacial score (nSPS) is 22.1. The number of rotatable bonds is 7. The highest BCUT2D eigenvalue weighted by Crippen LogP contribution is 2.11. The Hall–Kier alpha value is -0.430. The smallest absolute Gasteiger partial charge is 0.151 e. The van der Waals surface area contributed by atoms with Crippen molar-refractivity contribution in [3.05, 3.63) is 22.4 Å². The molecule has 1 N–H and O–H groups in total. The van der Waals surface area contributed by atoms with Crippen molar-refractivity contribution in [2.75, 3.05) is 38.2 Å². The lowest BCUT2D eigenvalue weighted by Gasteiger charge is -2.18. The van der Waals surface area contributed by atoms with Gasteiger partial charge in [-0.2, -0.15) is 0 Å². The maximum absolute atomic E-state index is 11.3. The van der Waals surface area contributed by atoms with E-state index >= 15 is 0 Å². The van der Waals surface area contributed by atoms with Crippen LogP contribution in [-0.2, 0) is 16.3 Å². The van der Waals surface area contributed by atoms with Crippen LogP contribution in [0.15, 0.2) is 17.5 Å².